The van der Waals surface area contributed by atoms with Crippen LogP contribution in [0.1, 0.15) is 12.0 Å². The highest BCUT2D eigenvalue weighted by Crippen LogP contribution is 2.38. The standard InChI is InChI=1S/C22H17BClF2N4OS/c24-18-14(25)5-4-11-2-1-3-12(17(11)18)21-19(26)20(27)13(8-28-21)22(32)29-9-16-15(29)6-7-30(16)23-10-31/h1-5,8,10,15-16H,6-7,9H2,(H2,27,28)/t15-,16-/m1/s1. The van der Waals surface area contributed by atoms with Gasteiger partial charge in [0.2, 0.25) is 0 Å². The molecule has 1 aromatic heterocycles. The number of rotatable bonds is 4. The summed E-state index contributed by atoms with van der Waals surface area (Å²) in [5.41, 5.74) is 6.74. The van der Waals surface area contributed by atoms with Gasteiger partial charge in [-0.1, -0.05) is 48.1 Å². The monoisotopic (exact) mass is 469 g/mol. The second-order valence-corrected chi connectivity index (χ2v) is 8.68. The number of anilines is 1. The first-order chi connectivity index (χ1) is 15.4. The van der Waals surface area contributed by atoms with E-state index in [1.807, 2.05) is 9.71 Å². The molecule has 0 unspecified atom stereocenters. The number of thiocarbonyl (C=S) groups is 1. The first-order valence-corrected chi connectivity index (χ1v) is 10.9. The maximum absolute atomic E-state index is 15.4. The van der Waals surface area contributed by atoms with Gasteiger partial charge in [0.15, 0.2) is 5.82 Å². The van der Waals surface area contributed by atoms with Crippen molar-refractivity contribution >= 4 is 58.9 Å². The third kappa shape index (κ3) is 3.18. The first kappa shape index (κ1) is 21.2. The van der Waals surface area contributed by atoms with Gasteiger partial charge in [0.05, 0.1) is 22.5 Å². The van der Waals surface area contributed by atoms with Gasteiger partial charge in [0, 0.05) is 35.8 Å². The van der Waals surface area contributed by atoms with Crippen LogP contribution in [0, 0.1) is 11.6 Å². The Kier molecular flexibility index (Phi) is 5.35. The molecule has 2 atom stereocenters. The number of nitrogen functional groups attached to an aromatic ring is 1. The fraction of sp³-hybridized carbons (Fsp3) is 0.227. The Morgan fingerprint density at radius 3 is 2.88 bits per heavy atom. The number of carbonyl (C=O) groups is 1. The van der Waals surface area contributed by atoms with Crippen molar-refractivity contribution in [1.29, 1.82) is 0 Å². The van der Waals surface area contributed by atoms with Crippen LogP contribution in [0.4, 0.5) is 14.5 Å². The van der Waals surface area contributed by atoms with E-state index in [0.29, 0.717) is 33.4 Å². The molecular formula is C22H17BClF2N4OS. The molecule has 161 valence electrons. The number of halogens is 3. The Hall–Kier alpha value is -2.62. The molecule has 5 rings (SSSR count). The van der Waals surface area contributed by atoms with E-state index in [-0.39, 0.29) is 28.5 Å². The summed E-state index contributed by atoms with van der Waals surface area (Å²) >= 11 is 11.8. The van der Waals surface area contributed by atoms with E-state index in [1.54, 1.807) is 31.7 Å². The molecule has 2 aromatic carbocycles. The minimum atomic E-state index is -0.725. The molecule has 2 N–H and O–H groups in total. The molecule has 0 saturated carbocycles. The molecule has 2 aliphatic rings. The van der Waals surface area contributed by atoms with Crippen LogP contribution in [0.15, 0.2) is 36.5 Å². The van der Waals surface area contributed by atoms with Crippen molar-refractivity contribution < 1.29 is 13.6 Å². The van der Waals surface area contributed by atoms with Crippen LogP contribution in [-0.2, 0) is 4.79 Å². The Bertz CT molecular complexity index is 1280. The SMILES string of the molecule is Nc1c(C(=S)N2C[C@@H]3[C@H]2CCN3[B]C=O)cnc(-c2cccc3ccc(F)c(Cl)c23)c1F. The van der Waals surface area contributed by atoms with E-state index in [2.05, 4.69) is 4.98 Å². The Morgan fingerprint density at radius 2 is 2.09 bits per heavy atom. The van der Waals surface area contributed by atoms with Gasteiger partial charge >= 0.3 is 0 Å². The molecule has 3 aromatic rings. The number of benzene rings is 2. The topological polar surface area (TPSA) is 62.5 Å². The lowest BCUT2D eigenvalue weighted by Gasteiger charge is -2.48. The lowest BCUT2D eigenvalue weighted by Crippen LogP contribution is -2.64. The number of hydrogen-bond donors (Lipinski definition) is 1. The van der Waals surface area contributed by atoms with E-state index >= 15 is 4.39 Å². The highest BCUT2D eigenvalue weighted by molar-refractivity contribution is 7.80. The van der Waals surface area contributed by atoms with Crippen LogP contribution in [0.3, 0.4) is 0 Å². The molecule has 1 radical (unpaired) electrons. The molecule has 2 aliphatic heterocycles. The second kappa shape index (κ2) is 8.06. The number of pyridine rings is 1. The average Bonchev–Trinajstić information content (AvgIpc) is 3.07. The van der Waals surface area contributed by atoms with Gasteiger partial charge < -0.3 is 20.2 Å². The molecule has 0 aliphatic carbocycles. The van der Waals surface area contributed by atoms with Gasteiger partial charge in [-0.25, -0.2) is 8.78 Å². The van der Waals surface area contributed by atoms with Crippen molar-refractivity contribution in [2.75, 3.05) is 18.8 Å². The van der Waals surface area contributed by atoms with E-state index in [4.69, 9.17) is 29.6 Å². The minimum absolute atomic E-state index is 0.0127. The summed E-state index contributed by atoms with van der Waals surface area (Å²) < 4.78 is 29.5. The molecule has 32 heavy (non-hydrogen) atoms. The van der Waals surface area contributed by atoms with Gasteiger partial charge in [0.1, 0.15) is 16.5 Å². The minimum Gasteiger partial charge on any atom is -0.396 e. The van der Waals surface area contributed by atoms with Crippen molar-refractivity contribution in [3.05, 3.63) is 58.7 Å². The molecular weight excluding hydrogens is 453 g/mol. The summed E-state index contributed by atoms with van der Waals surface area (Å²) in [6.07, 6.45) is 3.09. The molecule has 10 heteroatoms. The molecule has 3 heterocycles. The first-order valence-electron chi connectivity index (χ1n) is 10.1. The fourth-order valence-corrected chi connectivity index (χ4v) is 5.31. The summed E-state index contributed by atoms with van der Waals surface area (Å²) in [4.78, 5) is 19.5. The summed E-state index contributed by atoms with van der Waals surface area (Å²) in [5, 5.41) is 0.943. The third-order valence-electron chi connectivity index (χ3n) is 6.33. The third-order valence-corrected chi connectivity index (χ3v) is 7.15. The van der Waals surface area contributed by atoms with Crippen molar-refractivity contribution in [3.8, 4) is 11.3 Å². The van der Waals surface area contributed by atoms with Gasteiger partial charge in [-0.05, 0) is 24.4 Å². The second-order valence-electron chi connectivity index (χ2n) is 7.92. The van der Waals surface area contributed by atoms with Crippen LogP contribution in [-0.4, -0.2) is 58.5 Å². The molecule has 0 bridgehead atoms. The van der Waals surface area contributed by atoms with Crippen LogP contribution >= 0.6 is 23.8 Å². The number of nitrogens with two attached hydrogens (primary N) is 1. The lowest BCUT2D eigenvalue weighted by atomic mass is 9.88. The van der Waals surface area contributed by atoms with E-state index in [9.17, 15) is 9.18 Å². The molecule has 5 nitrogen and oxygen atoms in total. The Balaban J connectivity index is 1.49. The lowest BCUT2D eigenvalue weighted by molar-refractivity contribution is 0.127. The fourth-order valence-electron chi connectivity index (χ4n) is 4.67. The quantitative estimate of drug-likeness (QED) is 0.357. The van der Waals surface area contributed by atoms with Crippen LogP contribution in [0.5, 0.6) is 0 Å². The van der Waals surface area contributed by atoms with Gasteiger partial charge in [-0.2, -0.15) is 0 Å². The average molecular weight is 470 g/mol. The van der Waals surface area contributed by atoms with Crippen LogP contribution in [0.25, 0.3) is 22.0 Å². The van der Waals surface area contributed by atoms with E-state index < -0.39 is 11.6 Å². The molecule has 2 fully saturated rings. The number of likely N-dealkylation sites (tertiary alicyclic amines) is 1. The predicted molar refractivity (Wildman–Crippen MR) is 126 cm³/mol. The number of aromatic nitrogens is 1. The summed E-state index contributed by atoms with van der Waals surface area (Å²) in [7, 11) is 1.55. The number of carbonyl (C=O) groups excluding carboxylic acids is 1. The number of hydrogen-bond acceptors (Lipinski definition) is 5. The highest BCUT2D eigenvalue weighted by Gasteiger charge is 2.47. The zero-order chi connectivity index (χ0) is 22.6. The van der Waals surface area contributed by atoms with Gasteiger partial charge in [-0.15, -0.1) is 0 Å². The number of nitrogens with zero attached hydrogens (tertiary/aromatic N) is 3. The zero-order valence-corrected chi connectivity index (χ0v) is 18.3. The Morgan fingerprint density at radius 1 is 1.28 bits per heavy atom. The van der Waals surface area contributed by atoms with Crippen molar-refractivity contribution in [3.63, 3.8) is 0 Å². The van der Waals surface area contributed by atoms with Gasteiger partial charge in [0.25, 0.3) is 7.41 Å². The van der Waals surface area contributed by atoms with Crippen molar-refractivity contribution in [2.24, 2.45) is 0 Å². The molecule has 2 saturated heterocycles. The highest BCUT2D eigenvalue weighted by atomic mass is 35.5. The normalized spacial score (nSPS) is 20.2. The largest absolute Gasteiger partial charge is 0.396 e. The van der Waals surface area contributed by atoms with E-state index in [0.717, 1.165) is 19.2 Å². The molecule has 0 spiro atoms. The Labute approximate surface area is 194 Å². The van der Waals surface area contributed by atoms with Crippen molar-refractivity contribution in [1.82, 2.24) is 14.7 Å². The summed E-state index contributed by atoms with van der Waals surface area (Å²) in [5.74, 6) is -1.32. The molecule has 0 amide bonds. The predicted octanol–water partition coefficient (Wildman–Crippen LogP) is 3.66. The zero-order valence-electron chi connectivity index (χ0n) is 16.8. The summed E-state index contributed by atoms with van der Waals surface area (Å²) in [6, 6.07) is 8.34. The summed E-state index contributed by atoms with van der Waals surface area (Å²) in [6.45, 7) is 1.40. The van der Waals surface area contributed by atoms with Crippen LogP contribution in [0.2, 0.25) is 5.02 Å². The maximum atomic E-state index is 15.4. The number of fused-ring (bicyclic) bond motifs is 2. The maximum Gasteiger partial charge on any atom is 0.293 e. The van der Waals surface area contributed by atoms with Gasteiger partial charge in [-0.3, -0.25) is 4.98 Å². The van der Waals surface area contributed by atoms with Crippen LogP contribution < -0.4 is 5.73 Å². The van der Waals surface area contributed by atoms with E-state index in [1.165, 1.54) is 12.3 Å². The van der Waals surface area contributed by atoms with Crippen molar-refractivity contribution in [2.45, 2.75) is 18.5 Å². The smallest absolute Gasteiger partial charge is 0.293 e.